The molecule has 2 N–H and O–H groups in total. The summed E-state index contributed by atoms with van der Waals surface area (Å²) in [6.07, 6.45) is 5.56. The van der Waals surface area contributed by atoms with E-state index in [4.69, 9.17) is 0 Å². The Hall–Kier alpha value is -0.930. The lowest BCUT2D eigenvalue weighted by Gasteiger charge is -2.35. The van der Waals surface area contributed by atoms with Crippen LogP contribution >= 0.6 is 0 Å². The smallest absolute Gasteiger partial charge is 0.143 e. The van der Waals surface area contributed by atoms with Crippen LogP contribution < -0.4 is 0 Å². The van der Waals surface area contributed by atoms with Crippen molar-refractivity contribution in [1.29, 1.82) is 0 Å². The fourth-order valence-corrected chi connectivity index (χ4v) is 1.99. The van der Waals surface area contributed by atoms with Crippen LogP contribution in [0.15, 0.2) is 24.3 Å². The lowest BCUT2D eigenvalue weighted by Crippen LogP contribution is -2.46. The highest BCUT2D eigenvalue weighted by molar-refractivity contribution is 5.85. The van der Waals surface area contributed by atoms with Crippen molar-refractivity contribution in [2.24, 2.45) is 11.8 Å². The van der Waals surface area contributed by atoms with Gasteiger partial charge in [0.05, 0.1) is 12.2 Å². The zero-order chi connectivity index (χ0) is 9.42. The Bertz CT molecular complexity index is 280. The van der Waals surface area contributed by atoms with E-state index in [-0.39, 0.29) is 24.0 Å². The number of Topliss-reactive ketones (excluding diaryl/α,β-unsaturated/α-hetero) is 1. The third kappa shape index (κ3) is 1.34. The van der Waals surface area contributed by atoms with Crippen LogP contribution in [0.4, 0.5) is 0 Å². The summed E-state index contributed by atoms with van der Waals surface area (Å²) < 4.78 is 0. The molecule has 4 unspecified atom stereocenters. The van der Waals surface area contributed by atoms with Gasteiger partial charge in [-0.3, -0.25) is 4.79 Å². The van der Waals surface area contributed by atoms with Gasteiger partial charge in [0, 0.05) is 18.3 Å². The van der Waals surface area contributed by atoms with Crippen LogP contribution in [0.3, 0.4) is 0 Å². The first kappa shape index (κ1) is 8.66. The number of aliphatic hydroxyl groups excluding tert-OH is 2. The summed E-state index contributed by atoms with van der Waals surface area (Å²) in [5, 5.41) is 19.0. The van der Waals surface area contributed by atoms with Gasteiger partial charge in [-0.25, -0.2) is 0 Å². The second-order valence-corrected chi connectivity index (χ2v) is 3.60. The Morgan fingerprint density at radius 1 is 1.23 bits per heavy atom. The minimum atomic E-state index is -0.898. The van der Waals surface area contributed by atoms with Gasteiger partial charge in [-0.1, -0.05) is 24.3 Å². The summed E-state index contributed by atoms with van der Waals surface area (Å²) in [7, 11) is 0. The molecule has 70 valence electrons. The van der Waals surface area contributed by atoms with Gasteiger partial charge in [0.2, 0.25) is 0 Å². The highest BCUT2D eigenvalue weighted by atomic mass is 16.3. The fourth-order valence-electron chi connectivity index (χ4n) is 1.99. The van der Waals surface area contributed by atoms with E-state index in [0.717, 1.165) is 0 Å². The van der Waals surface area contributed by atoms with Crippen molar-refractivity contribution in [3.8, 4) is 0 Å². The summed E-state index contributed by atoms with van der Waals surface area (Å²) >= 11 is 0. The minimum absolute atomic E-state index is 0.0170. The molecule has 0 bridgehead atoms. The standard InChI is InChI=1S/C10H12O3/c11-8-5-9(12)10(13)7-4-2-1-3-6(7)8/h1-4,6-7,9-10,12-13H,5H2. The van der Waals surface area contributed by atoms with Gasteiger partial charge >= 0.3 is 0 Å². The predicted octanol–water partition coefficient (Wildman–Crippen LogP) is 0.0394. The fraction of sp³-hybridized carbons (Fsp3) is 0.500. The molecule has 3 nitrogen and oxygen atoms in total. The van der Waals surface area contributed by atoms with Gasteiger partial charge in [-0.2, -0.15) is 0 Å². The molecule has 0 spiro atoms. The Balaban J connectivity index is 2.26. The molecule has 0 saturated heterocycles. The Morgan fingerprint density at radius 3 is 2.69 bits per heavy atom. The van der Waals surface area contributed by atoms with Crippen LogP contribution in [0.25, 0.3) is 0 Å². The van der Waals surface area contributed by atoms with Crippen molar-refractivity contribution in [3.05, 3.63) is 24.3 Å². The zero-order valence-corrected chi connectivity index (χ0v) is 7.13. The number of allylic oxidation sites excluding steroid dienone is 3. The third-order valence-corrected chi connectivity index (χ3v) is 2.75. The maximum Gasteiger partial charge on any atom is 0.143 e. The molecule has 2 rings (SSSR count). The molecule has 2 aliphatic carbocycles. The van der Waals surface area contributed by atoms with Gasteiger partial charge < -0.3 is 10.2 Å². The van der Waals surface area contributed by atoms with Crippen LogP contribution in [0.1, 0.15) is 6.42 Å². The first-order valence-corrected chi connectivity index (χ1v) is 4.44. The predicted molar refractivity (Wildman–Crippen MR) is 46.9 cm³/mol. The number of hydrogen-bond acceptors (Lipinski definition) is 3. The van der Waals surface area contributed by atoms with E-state index in [1.807, 2.05) is 6.08 Å². The molecule has 2 aliphatic rings. The lowest BCUT2D eigenvalue weighted by atomic mass is 9.73. The molecule has 0 aromatic rings. The number of rotatable bonds is 0. The molecular formula is C10H12O3. The Kier molecular flexibility index (Phi) is 2.06. The van der Waals surface area contributed by atoms with E-state index in [9.17, 15) is 15.0 Å². The highest BCUT2D eigenvalue weighted by Gasteiger charge is 2.40. The van der Waals surface area contributed by atoms with E-state index in [1.165, 1.54) is 0 Å². The minimum Gasteiger partial charge on any atom is -0.390 e. The van der Waals surface area contributed by atoms with E-state index < -0.39 is 12.2 Å². The molecule has 0 heterocycles. The van der Waals surface area contributed by atoms with Crippen molar-refractivity contribution in [3.63, 3.8) is 0 Å². The van der Waals surface area contributed by atoms with Gasteiger partial charge in [-0.05, 0) is 0 Å². The molecule has 0 aliphatic heterocycles. The van der Waals surface area contributed by atoms with Crippen LogP contribution in [0.2, 0.25) is 0 Å². The number of aliphatic hydroxyl groups is 2. The first-order valence-electron chi connectivity index (χ1n) is 4.44. The summed E-state index contributed by atoms with van der Waals surface area (Å²) in [5.74, 6) is -0.451. The number of carbonyl (C=O) groups is 1. The molecule has 0 aromatic heterocycles. The van der Waals surface area contributed by atoms with Crippen LogP contribution in [-0.2, 0) is 4.79 Å². The van der Waals surface area contributed by atoms with Crippen molar-refractivity contribution in [2.45, 2.75) is 18.6 Å². The maximum atomic E-state index is 11.4. The number of ketones is 1. The average molecular weight is 180 g/mol. The second-order valence-electron chi connectivity index (χ2n) is 3.60. The van der Waals surface area contributed by atoms with Gasteiger partial charge in [-0.15, -0.1) is 0 Å². The largest absolute Gasteiger partial charge is 0.390 e. The van der Waals surface area contributed by atoms with Gasteiger partial charge in [0.25, 0.3) is 0 Å². The van der Waals surface area contributed by atoms with E-state index in [1.54, 1.807) is 18.2 Å². The molecule has 0 radical (unpaired) electrons. The maximum absolute atomic E-state index is 11.4. The van der Waals surface area contributed by atoms with E-state index in [2.05, 4.69) is 0 Å². The van der Waals surface area contributed by atoms with Crippen molar-refractivity contribution in [2.75, 3.05) is 0 Å². The summed E-state index contributed by atoms with van der Waals surface area (Å²) in [6, 6.07) is 0. The lowest BCUT2D eigenvalue weighted by molar-refractivity contribution is -0.135. The van der Waals surface area contributed by atoms with Crippen LogP contribution in [0, 0.1) is 11.8 Å². The SMILES string of the molecule is O=C1CC(O)C(O)C2C=CC=CC12. The Morgan fingerprint density at radius 2 is 1.92 bits per heavy atom. The van der Waals surface area contributed by atoms with Crippen LogP contribution in [0.5, 0.6) is 0 Å². The van der Waals surface area contributed by atoms with Crippen molar-refractivity contribution < 1.29 is 15.0 Å². The third-order valence-electron chi connectivity index (χ3n) is 2.75. The molecule has 1 fully saturated rings. The van der Waals surface area contributed by atoms with E-state index in [0.29, 0.717) is 0 Å². The van der Waals surface area contributed by atoms with Crippen molar-refractivity contribution >= 4 is 5.78 Å². The average Bonchev–Trinajstić information content (AvgIpc) is 2.15. The number of carbonyl (C=O) groups excluding carboxylic acids is 1. The zero-order valence-electron chi connectivity index (χ0n) is 7.13. The molecule has 3 heteroatoms. The molecular weight excluding hydrogens is 168 g/mol. The van der Waals surface area contributed by atoms with Gasteiger partial charge in [0.1, 0.15) is 5.78 Å². The molecule has 0 aromatic carbocycles. The highest BCUT2D eigenvalue weighted by Crippen LogP contribution is 2.32. The molecule has 1 saturated carbocycles. The second kappa shape index (κ2) is 3.09. The topological polar surface area (TPSA) is 57.5 Å². The monoisotopic (exact) mass is 180 g/mol. The van der Waals surface area contributed by atoms with Crippen LogP contribution in [-0.4, -0.2) is 28.2 Å². The molecule has 0 amide bonds. The number of fused-ring (bicyclic) bond motifs is 1. The van der Waals surface area contributed by atoms with E-state index >= 15 is 0 Å². The van der Waals surface area contributed by atoms with Gasteiger partial charge in [0.15, 0.2) is 0 Å². The summed E-state index contributed by atoms with van der Waals surface area (Å²) in [6.45, 7) is 0. The quantitative estimate of drug-likeness (QED) is 0.553. The normalized spacial score (nSPS) is 43.4. The molecule has 4 atom stereocenters. The van der Waals surface area contributed by atoms with Crippen molar-refractivity contribution in [1.82, 2.24) is 0 Å². The molecule has 13 heavy (non-hydrogen) atoms. The summed E-state index contributed by atoms with van der Waals surface area (Å²) in [4.78, 5) is 11.4. The summed E-state index contributed by atoms with van der Waals surface area (Å²) in [5.41, 5.74) is 0. The first-order chi connectivity index (χ1) is 6.20. The number of hydrogen-bond donors (Lipinski definition) is 2. The Labute approximate surface area is 76.4 Å².